The molecule has 0 aliphatic carbocycles. The summed E-state index contributed by atoms with van der Waals surface area (Å²) in [5.74, 6) is -0.751. The molecule has 272 valence electrons. The van der Waals surface area contributed by atoms with Crippen LogP contribution in [-0.2, 0) is 38.6 Å². The van der Waals surface area contributed by atoms with E-state index in [0.29, 0.717) is 34.4 Å². The second-order valence-electron chi connectivity index (χ2n) is 11.8. The molecule has 1 amide bonds. The number of amides is 1. The van der Waals surface area contributed by atoms with Gasteiger partial charge in [-0.3, -0.25) is 10.2 Å². The molecule has 52 heavy (non-hydrogen) atoms. The van der Waals surface area contributed by atoms with Gasteiger partial charge in [0.1, 0.15) is 5.75 Å². The fourth-order valence-electron chi connectivity index (χ4n) is 5.57. The summed E-state index contributed by atoms with van der Waals surface area (Å²) in [5, 5.41) is 12.8. The first-order valence-corrected chi connectivity index (χ1v) is 17.8. The number of azide groups is 1. The molecule has 4 aromatic carbocycles. The van der Waals surface area contributed by atoms with E-state index in [1.54, 1.807) is 66.7 Å². The predicted octanol–water partition coefficient (Wildman–Crippen LogP) is 6.22. The van der Waals surface area contributed by atoms with Crippen LogP contribution in [-0.4, -0.2) is 49.8 Å². The molecular weight excluding hydrogens is 701 g/mol. The molecule has 3 N–H and O–H groups in total. The minimum absolute atomic E-state index is 0.0282. The lowest BCUT2D eigenvalue weighted by molar-refractivity contribution is -0.137. The number of carbonyl (C=O) groups excluding carboxylic acids is 1. The molecule has 12 nitrogen and oxygen atoms in total. The van der Waals surface area contributed by atoms with Gasteiger partial charge in [0.15, 0.2) is 21.5 Å². The largest absolute Gasteiger partial charge is 0.494 e. The predicted molar refractivity (Wildman–Crippen MR) is 186 cm³/mol. The number of aliphatic hydroxyl groups is 1. The van der Waals surface area contributed by atoms with E-state index in [-0.39, 0.29) is 43.5 Å². The number of sulfone groups is 1. The topological polar surface area (TPSA) is 175 Å². The number of alkyl halides is 3. The smallest absolute Gasteiger partial charge is 0.416 e. The average molecular weight is 737 g/mol. The van der Waals surface area contributed by atoms with Crippen molar-refractivity contribution in [1.29, 1.82) is 0 Å². The van der Waals surface area contributed by atoms with Gasteiger partial charge >= 0.3 is 6.18 Å². The van der Waals surface area contributed by atoms with Crippen molar-refractivity contribution < 1.29 is 41.0 Å². The number of ether oxygens (including phenoxy) is 2. The van der Waals surface area contributed by atoms with Crippen molar-refractivity contribution in [2.24, 2.45) is 10.1 Å². The maximum atomic E-state index is 14.5. The number of halogens is 3. The molecule has 0 aromatic heterocycles. The molecule has 1 heterocycles. The Morgan fingerprint density at radius 1 is 1.00 bits per heavy atom. The second-order valence-corrected chi connectivity index (χ2v) is 13.9. The van der Waals surface area contributed by atoms with Gasteiger partial charge in [-0.25, -0.2) is 18.8 Å². The van der Waals surface area contributed by atoms with Crippen LogP contribution in [0.3, 0.4) is 0 Å². The monoisotopic (exact) mass is 736 g/mol. The molecule has 1 aliphatic rings. The number of hydrazine groups is 1. The molecule has 4 aromatic rings. The van der Waals surface area contributed by atoms with Crippen molar-refractivity contribution in [1.82, 2.24) is 10.9 Å². The number of aliphatic imine (C=N–C) groups is 1. The van der Waals surface area contributed by atoms with E-state index in [1.807, 2.05) is 0 Å². The highest BCUT2D eigenvalue weighted by Crippen LogP contribution is 2.44. The fraction of sp³-hybridized carbons (Fsp3) is 0.278. The third kappa shape index (κ3) is 9.08. The van der Waals surface area contributed by atoms with Gasteiger partial charge in [0.2, 0.25) is 5.90 Å². The van der Waals surface area contributed by atoms with Crippen LogP contribution in [0.25, 0.3) is 10.4 Å². The van der Waals surface area contributed by atoms with Crippen molar-refractivity contribution in [3.05, 3.63) is 141 Å². The summed E-state index contributed by atoms with van der Waals surface area (Å²) in [6.07, 6.45) is -5.65. The Kier molecular flexibility index (Phi) is 12.2. The molecule has 5 rings (SSSR count). The number of rotatable bonds is 16. The summed E-state index contributed by atoms with van der Waals surface area (Å²) in [5.41, 5.74) is 13.5. The Bertz CT molecular complexity index is 2020. The first-order chi connectivity index (χ1) is 25.0. The van der Waals surface area contributed by atoms with Crippen LogP contribution in [0.15, 0.2) is 118 Å². The van der Waals surface area contributed by atoms with Gasteiger partial charge in [0, 0.05) is 36.5 Å². The van der Waals surface area contributed by atoms with Crippen molar-refractivity contribution >= 4 is 21.6 Å². The summed E-state index contributed by atoms with van der Waals surface area (Å²) in [4.78, 5) is 22.2. The number of nitrogens with zero attached hydrogens (tertiary/aromatic N) is 4. The number of carbonyl (C=O) groups is 1. The summed E-state index contributed by atoms with van der Waals surface area (Å²) >= 11 is 0. The molecule has 2 atom stereocenters. The van der Waals surface area contributed by atoms with Crippen LogP contribution in [0.1, 0.15) is 46.8 Å². The number of aliphatic hydroxyl groups excluding tert-OH is 1. The molecular formula is C36H35F3N6O6S. The van der Waals surface area contributed by atoms with Crippen LogP contribution < -0.4 is 15.6 Å². The molecule has 16 heteroatoms. The number of hydrogen-bond acceptors (Lipinski definition) is 9. The van der Waals surface area contributed by atoms with Gasteiger partial charge in [-0.15, -0.1) is 0 Å². The van der Waals surface area contributed by atoms with E-state index in [2.05, 4.69) is 20.9 Å². The van der Waals surface area contributed by atoms with Crippen molar-refractivity contribution in [3.8, 4) is 5.75 Å². The number of benzene rings is 4. The minimum Gasteiger partial charge on any atom is -0.494 e. The molecule has 0 saturated carbocycles. The van der Waals surface area contributed by atoms with Crippen LogP contribution in [0.2, 0.25) is 0 Å². The van der Waals surface area contributed by atoms with E-state index < -0.39 is 44.9 Å². The lowest BCUT2D eigenvalue weighted by Gasteiger charge is -2.31. The Morgan fingerprint density at radius 3 is 2.37 bits per heavy atom. The highest BCUT2D eigenvalue weighted by molar-refractivity contribution is 7.91. The molecule has 0 spiro atoms. The van der Waals surface area contributed by atoms with Gasteiger partial charge < -0.3 is 14.6 Å². The van der Waals surface area contributed by atoms with Gasteiger partial charge in [0.25, 0.3) is 5.91 Å². The fourth-order valence-corrected chi connectivity index (χ4v) is 6.96. The second kappa shape index (κ2) is 16.7. The highest BCUT2D eigenvalue weighted by atomic mass is 32.2. The number of hydrogen-bond donors (Lipinski definition) is 3. The molecule has 1 aliphatic heterocycles. The minimum atomic E-state index is -4.51. The average Bonchev–Trinajstić information content (AvgIpc) is 3.54. The normalized spacial score (nSPS) is 17.1. The van der Waals surface area contributed by atoms with Crippen molar-refractivity contribution in [2.75, 3.05) is 19.0 Å². The Morgan fingerprint density at radius 2 is 1.69 bits per heavy atom. The molecule has 0 saturated heterocycles. The maximum absolute atomic E-state index is 14.5. The zero-order chi connectivity index (χ0) is 37.2. The third-order valence-corrected chi connectivity index (χ3v) is 10.0. The van der Waals surface area contributed by atoms with Gasteiger partial charge in [-0.1, -0.05) is 59.7 Å². The first kappa shape index (κ1) is 37.8. The number of nitrogens with one attached hydrogen (secondary N) is 2. The van der Waals surface area contributed by atoms with E-state index >= 15 is 0 Å². The summed E-state index contributed by atoms with van der Waals surface area (Å²) in [7, 11) is -3.95. The van der Waals surface area contributed by atoms with Crippen LogP contribution >= 0.6 is 0 Å². The third-order valence-electron chi connectivity index (χ3n) is 8.30. The Hall–Kier alpha value is -5.41. The van der Waals surface area contributed by atoms with Crippen LogP contribution in [0.4, 0.5) is 13.2 Å². The summed E-state index contributed by atoms with van der Waals surface area (Å²) < 4.78 is 78.6. The van der Waals surface area contributed by atoms with Gasteiger partial charge in [-0.2, -0.15) is 13.2 Å². The maximum Gasteiger partial charge on any atom is 0.416 e. The standard InChI is InChI=1S/C36H35F3N6O6S/c37-36(38,39)28-15-11-25(12-16-28)23-41-44-34(47)35(19-22-52(48,49)30-8-2-1-3-9-30)32(31-10-5-4-7-27(31)24-42-45-40)51-33(43-35)26-13-17-29(18-14-26)50-21-6-20-46/h1-5,7-18,32,41,46H,6,19-24H2,(H,44,47)/t32-,35-/m0/s1. The van der Waals surface area contributed by atoms with Gasteiger partial charge in [-0.05, 0) is 70.8 Å². The zero-order valence-corrected chi connectivity index (χ0v) is 28.5. The van der Waals surface area contributed by atoms with Crippen LogP contribution in [0.5, 0.6) is 5.75 Å². The van der Waals surface area contributed by atoms with E-state index in [1.165, 1.54) is 24.3 Å². The lowest BCUT2D eigenvalue weighted by atomic mass is 9.83. The lowest BCUT2D eigenvalue weighted by Crippen LogP contribution is -2.53. The summed E-state index contributed by atoms with van der Waals surface area (Å²) in [6, 6.07) is 25.6. The first-order valence-electron chi connectivity index (χ1n) is 16.1. The van der Waals surface area contributed by atoms with Gasteiger partial charge in [0.05, 0.1) is 29.4 Å². The van der Waals surface area contributed by atoms with E-state index in [4.69, 9.17) is 25.1 Å². The van der Waals surface area contributed by atoms with Crippen molar-refractivity contribution in [2.45, 2.75) is 48.6 Å². The van der Waals surface area contributed by atoms with E-state index in [0.717, 1.165) is 12.1 Å². The van der Waals surface area contributed by atoms with Crippen LogP contribution in [0, 0.1) is 0 Å². The summed E-state index contributed by atoms with van der Waals surface area (Å²) in [6.45, 7) is 0.0775. The highest BCUT2D eigenvalue weighted by Gasteiger charge is 2.54. The molecule has 0 radical (unpaired) electrons. The molecule has 0 fully saturated rings. The molecule has 0 bridgehead atoms. The van der Waals surface area contributed by atoms with E-state index in [9.17, 15) is 26.4 Å². The Balaban J connectivity index is 1.54. The Labute approximate surface area is 297 Å². The quantitative estimate of drug-likeness (QED) is 0.0402. The van der Waals surface area contributed by atoms with Crippen molar-refractivity contribution in [3.63, 3.8) is 0 Å². The SMILES string of the molecule is [N-]=[N+]=NCc1ccccc1[C@@H]1OC(c2ccc(OCCCO)cc2)=N[C@]1(CCS(=O)(=O)c1ccccc1)C(=O)NNCc1ccc(C(F)(F)F)cc1. The zero-order valence-electron chi connectivity index (χ0n) is 27.7. The molecule has 0 unspecified atom stereocenters.